The maximum absolute atomic E-state index is 13.5. The molecule has 0 spiro atoms. The minimum absolute atomic E-state index is 0. The number of rotatable bonds is 7. The lowest BCUT2D eigenvalue weighted by molar-refractivity contribution is 0.0827. The van der Waals surface area contributed by atoms with Gasteiger partial charge in [-0.1, -0.05) is 18.2 Å². The Kier molecular flexibility index (Phi) is 11.0. The third kappa shape index (κ3) is 7.85. The number of amides is 1. The number of carbonyl (C=O) groups excluding carboxylic acids is 1. The zero-order valence-corrected chi connectivity index (χ0v) is 20.3. The van der Waals surface area contributed by atoms with Gasteiger partial charge in [0, 0.05) is 45.5 Å². The molecule has 158 valence electrons. The number of aliphatic imine (C=N–C) groups is 1. The summed E-state index contributed by atoms with van der Waals surface area (Å²) in [6.07, 6.45) is 2.00. The molecule has 0 fully saturated rings. The first-order valence-electron chi connectivity index (χ1n) is 8.96. The molecule has 1 amide bonds. The molecule has 0 aliphatic heterocycles. The van der Waals surface area contributed by atoms with Crippen LogP contribution in [-0.4, -0.2) is 44.2 Å². The number of nitrogens with zero attached hydrogens (tertiary/aromatic N) is 2. The minimum Gasteiger partial charge on any atom is -0.352 e. The van der Waals surface area contributed by atoms with Gasteiger partial charge in [-0.3, -0.25) is 9.79 Å². The molecule has 8 heteroatoms. The topological polar surface area (TPSA) is 56.7 Å². The van der Waals surface area contributed by atoms with Gasteiger partial charge in [-0.05, 0) is 47.2 Å². The molecule has 2 rings (SSSR count). The summed E-state index contributed by atoms with van der Waals surface area (Å²) in [5, 5.41) is 6.52. The van der Waals surface area contributed by atoms with Crippen molar-refractivity contribution in [2.45, 2.75) is 18.8 Å². The largest absolute Gasteiger partial charge is 0.352 e. The summed E-state index contributed by atoms with van der Waals surface area (Å²) < 4.78 is 13.5. The molecule has 2 aromatic carbocycles. The average molecular weight is 530 g/mol. The Balaban J connectivity index is 0.00000420. The second-order valence-corrected chi connectivity index (χ2v) is 7.39. The standard InChI is InChI=1S/C21H27FN4OS.HI/c1-23-21(25-13-17-9-10-19(22)11-18(17)14-28-4)24-12-15-5-7-16(8-6-15)20(27)26(2)3;/h5-11H,12-14H2,1-4H3,(H2,23,24,25);1H. The van der Waals surface area contributed by atoms with E-state index in [2.05, 4.69) is 15.6 Å². The van der Waals surface area contributed by atoms with E-state index in [9.17, 15) is 9.18 Å². The molecule has 0 heterocycles. The molecule has 0 unspecified atom stereocenters. The first-order chi connectivity index (χ1) is 13.4. The monoisotopic (exact) mass is 530 g/mol. The lowest BCUT2D eigenvalue weighted by atomic mass is 10.1. The summed E-state index contributed by atoms with van der Waals surface area (Å²) in [6.45, 7) is 1.14. The Bertz CT molecular complexity index is 828. The van der Waals surface area contributed by atoms with E-state index in [-0.39, 0.29) is 35.7 Å². The lowest BCUT2D eigenvalue weighted by Crippen LogP contribution is -2.36. The molecule has 2 N–H and O–H groups in total. The normalized spacial score (nSPS) is 10.9. The van der Waals surface area contributed by atoms with Crippen LogP contribution >= 0.6 is 35.7 Å². The fourth-order valence-electron chi connectivity index (χ4n) is 2.67. The summed E-state index contributed by atoms with van der Waals surface area (Å²) in [6, 6.07) is 12.4. The fourth-order valence-corrected chi connectivity index (χ4v) is 3.25. The molecular formula is C21H28FIN4OS. The highest BCUT2D eigenvalue weighted by Crippen LogP contribution is 2.16. The number of benzene rings is 2. The molecular weight excluding hydrogens is 502 g/mol. The van der Waals surface area contributed by atoms with Crippen LogP contribution in [0, 0.1) is 5.82 Å². The van der Waals surface area contributed by atoms with Crippen molar-refractivity contribution in [2.24, 2.45) is 4.99 Å². The quantitative estimate of drug-likeness (QED) is 0.324. The highest BCUT2D eigenvalue weighted by molar-refractivity contribution is 14.0. The summed E-state index contributed by atoms with van der Waals surface area (Å²) >= 11 is 1.66. The van der Waals surface area contributed by atoms with Crippen molar-refractivity contribution in [2.75, 3.05) is 27.4 Å². The number of nitrogens with one attached hydrogen (secondary N) is 2. The van der Waals surface area contributed by atoms with Crippen molar-refractivity contribution in [1.29, 1.82) is 0 Å². The smallest absolute Gasteiger partial charge is 0.253 e. The van der Waals surface area contributed by atoms with Crippen molar-refractivity contribution < 1.29 is 9.18 Å². The Morgan fingerprint density at radius 1 is 1.07 bits per heavy atom. The van der Waals surface area contributed by atoms with E-state index in [0.29, 0.717) is 24.6 Å². The van der Waals surface area contributed by atoms with E-state index >= 15 is 0 Å². The van der Waals surface area contributed by atoms with Crippen LogP contribution in [0.1, 0.15) is 27.0 Å². The molecule has 0 aliphatic rings. The van der Waals surface area contributed by atoms with Crippen LogP contribution in [0.15, 0.2) is 47.5 Å². The predicted molar refractivity (Wildman–Crippen MR) is 131 cm³/mol. The number of halogens is 2. The highest BCUT2D eigenvalue weighted by atomic mass is 127. The molecule has 0 saturated carbocycles. The number of hydrogen-bond donors (Lipinski definition) is 2. The fraction of sp³-hybridized carbons (Fsp3) is 0.333. The van der Waals surface area contributed by atoms with Crippen LogP contribution in [0.3, 0.4) is 0 Å². The first kappa shape index (κ1) is 25.2. The van der Waals surface area contributed by atoms with Crippen LogP contribution in [0.25, 0.3) is 0 Å². The van der Waals surface area contributed by atoms with E-state index in [1.54, 1.807) is 43.9 Å². The van der Waals surface area contributed by atoms with E-state index in [0.717, 1.165) is 22.4 Å². The Morgan fingerprint density at radius 3 is 2.31 bits per heavy atom. The number of hydrogen-bond acceptors (Lipinski definition) is 3. The molecule has 0 atom stereocenters. The van der Waals surface area contributed by atoms with Gasteiger partial charge in [0.15, 0.2) is 5.96 Å². The van der Waals surface area contributed by atoms with Gasteiger partial charge < -0.3 is 15.5 Å². The van der Waals surface area contributed by atoms with Crippen LogP contribution in [0.2, 0.25) is 0 Å². The van der Waals surface area contributed by atoms with Crippen LogP contribution in [-0.2, 0) is 18.8 Å². The maximum atomic E-state index is 13.5. The number of guanidine groups is 1. The van der Waals surface area contributed by atoms with Crippen LogP contribution < -0.4 is 10.6 Å². The Hall–Kier alpha value is -1.81. The highest BCUT2D eigenvalue weighted by Gasteiger charge is 2.08. The zero-order valence-electron chi connectivity index (χ0n) is 17.2. The second kappa shape index (κ2) is 12.7. The molecule has 0 aromatic heterocycles. The van der Waals surface area contributed by atoms with Crippen molar-refractivity contribution in [3.63, 3.8) is 0 Å². The van der Waals surface area contributed by atoms with Gasteiger partial charge in [0.25, 0.3) is 5.91 Å². The van der Waals surface area contributed by atoms with Crippen molar-refractivity contribution in [1.82, 2.24) is 15.5 Å². The summed E-state index contributed by atoms with van der Waals surface area (Å²) in [5.41, 5.74) is 3.74. The lowest BCUT2D eigenvalue weighted by Gasteiger charge is -2.15. The maximum Gasteiger partial charge on any atom is 0.253 e. The van der Waals surface area contributed by atoms with Gasteiger partial charge in [-0.15, -0.1) is 24.0 Å². The third-order valence-corrected chi connectivity index (χ3v) is 4.80. The Labute approximate surface area is 193 Å². The van der Waals surface area contributed by atoms with Gasteiger partial charge in [-0.2, -0.15) is 11.8 Å². The summed E-state index contributed by atoms with van der Waals surface area (Å²) in [5.74, 6) is 1.19. The van der Waals surface area contributed by atoms with Gasteiger partial charge in [0.05, 0.1) is 0 Å². The molecule has 0 saturated heterocycles. The van der Waals surface area contributed by atoms with Gasteiger partial charge >= 0.3 is 0 Å². The van der Waals surface area contributed by atoms with Gasteiger partial charge in [0.2, 0.25) is 0 Å². The van der Waals surface area contributed by atoms with Crippen LogP contribution in [0.4, 0.5) is 4.39 Å². The number of carbonyl (C=O) groups is 1. The predicted octanol–water partition coefficient (Wildman–Crippen LogP) is 3.87. The van der Waals surface area contributed by atoms with E-state index in [4.69, 9.17) is 0 Å². The Morgan fingerprint density at radius 2 is 1.72 bits per heavy atom. The summed E-state index contributed by atoms with van der Waals surface area (Å²) in [7, 11) is 5.18. The molecule has 5 nitrogen and oxygen atoms in total. The zero-order chi connectivity index (χ0) is 20.5. The SMILES string of the molecule is CN=C(NCc1ccc(C(=O)N(C)C)cc1)NCc1ccc(F)cc1CSC.I. The minimum atomic E-state index is -0.216. The molecule has 2 aromatic rings. The molecule has 0 bridgehead atoms. The van der Waals surface area contributed by atoms with Crippen molar-refractivity contribution in [3.05, 3.63) is 70.5 Å². The van der Waals surface area contributed by atoms with Crippen molar-refractivity contribution >= 4 is 47.6 Å². The van der Waals surface area contributed by atoms with E-state index in [1.165, 1.54) is 6.07 Å². The average Bonchev–Trinajstić information content (AvgIpc) is 2.69. The van der Waals surface area contributed by atoms with Crippen LogP contribution in [0.5, 0.6) is 0 Å². The molecule has 0 aliphatic carbocycles. The number of thioether (sulfide) groups is 1. The van der Waals surface area contributed by atoms with Crippen molar-refractivity contribution in [3.8, 4) is 0 Å². The second-order valence-electron chi connectivity index (χ2n) is 6.52. The first-order valence-corrected chi connectivity index (χ1v) is 10.3. The van der Waals surface area contributed by atoms with E-state index in [1.807, 2.05) is 36.6 Å². The third-order valence-electron chi connectivity index (χ3n) is 4.21. The molecule has 29 heavy (non-hydrogen) atoms. The molecule has 0 radical (unpaired) electrons. The van der Waals surface area contributed by atoms with Gasteiger partial charge in [0.1, 0.15) is 5.82 Å². The summed E-state index contributed by atoms with van der Waals surface area (Å²) in [4.78, 5) is 17.7. The van der Waals surface area contributed by atoms with E-state index < -0.39 is 0 Å². The van der Waals surface area contributed by atoms with Gasteiger partial charge in [-0.25, -0.2) is 4.39 Å².